The number of guanidine groups is 1. The number of aryl methyl sites for hydroxylation is 1. The molecule has 0 saturated heterocycles. The summed E-state index contributed by atoms with van der Waals surface area (Å²) in [6.07, 6.45) is 1.73. The van der Waals surface area contributed by atoms with Gasteiger partial charge in [0.15, 0.2) is 5.96 Å². The van der Waals surface area contributed by atoms with Crippen LogP contribution in [-0.4, -0.2) is 44.4 Å². The standard InChI is InChI=1S/C15H24N6S3/c1-11(23-8-13-3-5-24-21-13)7-18-15(16)17-4-6-22-9-14-12(2)19-10-20-14/h3,5,10-11H,4,6-9H2,1-2H3,(H,19,20)(H3,16,17,18). The van der Waals surface area contributed by atoms with Gasteiger partial charge in [-0.15, -0.1) is 0 Å². The van der Waals surface area contributed by atoms with Crippen LogP contribution in [0.3, 0.4) is 0 Å². The predicted octanol–water partition coefficient (Wildman–Crippen LogP) is 2.84. The van der Waals surface area contributed by atoms with Gasteiger partial charge in [0, 0.05) is 46.7 Å². The minimum Gasteiger partial charge on any atom is -0.356 e. The van der Waals surface area contributed by atoms with Gasteiger partial charge >= 0.3 is 0 Å². The molecule has 0 bridgehead atoms. The van der Waals surface area contributed by atoms with Crippen molar-refractivity contribution in [2.45, 2.75) is 30.6 Å². The van der Waals surface area contributed by atoms with Crippen LogP contribution in [0.15, 0.2) is 17.8 Å². The molecule has 2 aromatic rings. The van der Waals surface area contributed by atoms with Crippen molar-refractivity contribution < 1.29 is 0 Å². The number of hydrogen-bond acceptors (Lipinski definition) is 6. The third-order valence-electron chi connectivity index (χ3n) is 3.30. The monoisotopic (exact) mass is 384 g/mol. The molecule has 2 rings (SSSR count). The Kier molecular flexibility index (Phi) is 8.48. The zero-order chi connectivity index (χ0) is 17.2. The quantitative estimate of drug-likeness (QED) is 0.286. The van der Waals surface area contributed by atoms with E-state index >= 15 is 0 Å². The van der Waals surface area contributed by atoms with E-state index in [1.165, 1.54) is 17.2 Å². The van der Waals surface area contributed by atoms with Crippen molar-refractivity contribution in [2.24, 2.45) is 0 Å². The van der Waals surface area contributed by atoms with Gasteiger partial charge in [-0.3, -0.25) is 5.41 Å². The van der Waals surface area contributed by atoms with E-state index in [9.17, 15) is 0 Å². The molecule has 1 atom stereocenters. The van der Waals surface area contributed by atoms with Gasteiger partial charge in [0.05, 0.1) is 17.7 Å². The topological polar surface area (TPSA) is 89.5 Å². The van der Waals surface area contributed by atoms with Crippen LogP contribution in [0.1, 0.15) is 24.0 Å². The summed E-state index contributed by atoms with van der Waals surface area (Å²) in [7, 11) is 0. The Labute approximate surface area is 155 Å². The molecule has 0 aliphatic carbocycles. The van der Waals surface area contributed by atoms with Gasteiger partial charge in [0.2, 0.25) is 0 Å². The van der Waals surface area contributed by atoms with Crippen LogP contribution in [-0.2, 0) is 11.5 Å². The molecular formula is C15H24N6S3. The number of rotatable bonds is 10. The van der Waals surface area contributed by atoms with Crippen LogP contribution in [0.4, 0.5) is 0 Å². The number of thioether (sulfide) groups is 2. The van der Waals surface area contributed by atoms with Crippen molar-refractivity contribution in [1.29, 1.82) is 5.41 Å². The molecule has 0 aromatic carbocycles. The molecule has 132 valence electrons. The van der Waals surface area contributed by atoms with Crippen molar-refractivity contribution in [3.63, 3.8) is 0 Å². The summed E-state index contributed by atoms with van der Waals surface area (Å²) in [6, 6.07) is 2.06. The third kappa shape index (κ3) is 7.14. The van der Waals surface area contributed by atoms with Crippen molar-refractivity contribution in [3.8, 4) is 0 Å². The lowest BCUT2D eigenvalue weighted by molar-refractivity contribution is 0.802. The summed E-state index contributed by atoms with van der Waals surface area (Å²) >= 11 is 5.17. The van der Waals surface area contributed by atoms with E-state index in [0.29, 0.717) is 11.2 Å². The molecule has 0 amide bonds. The van der Waals surface area contributed by atoms with Crippen LogP contribution in [0.2, 0.25) is 0 Å². The zero-order valence-corrected chi connectivity index (χ0v) is 16.4. The SMILES string of the molecule is Cc1nc[nH]c1CSCCNC(=N)NCC(C)SCc1ccsn1. The molecule has 0 saturated carbocycles. The lowest BCUT2D eigenvalue weighted by Crippen LogP contribution is -2.40. The molecule has 1 unspecified atom stereocenters. The van der Waals surface area contributed by atoms with Gasteiger partial charge in [-0.2, -0.15) is 27.9 Å². The molecule has 4 N–H and O–H groups in total. The number of nitrogens with one attached hydrogen (secondary N) is 4. The number of hydrogen-bond donors (Lipinski definition) is 4. The smallest absolute Gasteiger partial charge is 0.188 e. The lowest BCUT2D eigenvalue weighted by Gasteiger charge is -2.14. The molecule has 0 fully saturated rings. The number of imidazole rings is 1. The predicted molar refractivity (Wildman–Crippen MR) is 106 cm³/mol. The highest BCUT2D eigenvalue weighted by atomic mass is 32.2. The van der Waals surface area contributed by atoms with Crippen LogP contribution in [0.25, 0.3) is 0 Å². The zero-order valence-electron chi connectivity index (χ0n) is 14.0. The van der Waals surface area contributed by atoms with Crippen molar-refractivity contribution in [3.05, 3.63) is 34.9 Å². The molecule has 2 heterocycles. The van der Waals surface area contributed by atoms with Crippen LogP contribution >= 0.6 is 35.1 Å². The maximum absolute atomic E-state index is 7.89. The van der Waals surface area contributed by atoms with Gasteiger partial charge < -0.3 is 15.6 Å². The van der Waals surface area contributed by atoms with Crippen molar-refractivity contribution >= 4 is 41.0 Å². The van der Waals surface area contributed by atoms with E-state index in [2.05, 4.69) is 38.0 Å². The van der Waals surface area contributed by atoms with Gasteiger partial charge in [0.25, 0.3) is 0 Å². The average molecular weight is 385 g/mol. The maximum Gasteiger partial charge on any atom is 0.188 e. The van der Waals surface area contributed by atoms with Crippen LogP contribution in [0, 0.1) is 12.3 Å². The van der Waals surface area contributed by atoms with E-state index in [1.807, 2.05) is 35.8 Å². The Hall–Kier alpha value is -1.19. The summed E-state index contributed by atoms with van der Waals surface area (Å²) < 4.78 is 4.30. The van der Waals surface area contributed by atoms with E-state index in [1.54, 1.807) is 6.33 Å². The first-order valence-corrected chi connectivity index (χ1v) is 10.8. The van der Waals surface area contributed by atoms with E-state index < -0.39 is 0 Å². The first-order valence-electron chi connectivity index (χ1n) is 7.79. The first kappa shape index (κ1) is 19.1. The Morgan fingerprint density at radius 1 is 1.42 bits per heavy atom. The Bertz CT molecular complexity index is 598. The Balaban J connectivity index is 1.48. The summed E-state index contributed by atoms with van der Waals surface area (Å²) in [4.78, 5) is 7.33. The fraction of sp³-hybridized carbons (Fsp3) is 0.533. The van der Waals surface area contributed by atoms with E-state index in [0.717, 1.165) is 41.7 Å². The maximum atomic E-state index is 7.89. The van der Waals surface area contributed by atoms with Gasteiger partial charge in [-0.25, -0.2) is 4.98 Å². The van der Waals surface area contributed by atoms with Crippen molar-refractivity contribution in [2.75, 3.05) is 18.8 Å². The summed E-state index contributed by atoms with van der Waals surface area (Å²) in [6.45, 7) is 5.74. The van der Waals surface area contributed by atoms with Crippen LogP contribution < -0.4 is 10.6 Å². The number of aromatic nitrogens is 3. The number of nitrogens with zero attached hydrogens (tertiary/aromatic N) is 2. The highest BCUT2D eigenvalue weighted by Gasteiger charge is 2.05. The summed E-state index contributed by atoms with van der Waals surface area (Å²) in [5.41, 5.74) is 3.38. The number of H-pyrrole nitrogens is 1. The molecule has 0 aliphatic rings. The lowest BCUT2D eigenvalue weighted by atomic mass is 10.4. The molecule has 24 heavy (non-hydrogen) atoms. The molecule has 9 heteroatoms. The fourth-order valence-corrected chi connectivity index (χ4v) is 4.19. The molecule has 0 radical (unpaired) electrons. The van der Waals surface area contributed by atoms with E-state index in [-0.39, 0.29) is 0 Å². The molecule has 6 nitrogen and oxygen atoms in total. The molecular weight excluding hydrogens is 360 g/mol. The average Bonchev–Trinajstić information content (AvgIpc) is 3.22. The Morgan fingerprint density at radius 3 is 3.00 bits per heavy atom. The molecule has 0 aliphatic heterocycles. The van der Waals surface area contributed by atoms with E-state index in [4.69, 9.17) is 5.41 Å². The Morgan fingerprint density at radius 2 is 2.29 bits per heavy atom. The molecule has 2 aromatic heterocycles. The summed E-state index contributed by atoms with van der Waals surface area (Å²) in [5, 5.41) is 16.6. The second kappa shape index (κ2) is 10.6. The largest absolute Gasteiger partial charge is 0.356 e. The third-order valence-corrected chi connectivity index (χ3v) is 6.08. The second-order valence-corrected chi connectivity index (χ2v) is 8.51. The van der Waals surface area contributed by atoms with Crippen LogP contribution in [0.5, 0.6) is 0 Å². The van der Waals surface area contributed by atoms with Gasteiger partial charge in [0.1, 0.15) is 0 Å². The second-order valence-electron chi connectivity index (χ2n) is 5.31. The number of aromatic amines is 1. The highest BCUT2D eigenvalue weighted by molar-refractivity contribution is 7.99. The summed E-state index contributed by atoms with van der Waals surface area (Å²) in [5.74, 6) is 3.21. The first-order chi connectivity index (χ1) is 11.6. The van der Waals surface area contributed by atoms with Gasteiger partial charge in [-0.1, -0.05) is 6.92 Å². The minimum atomic E-state index is 0.398. The fourth-order valence-electron chi connectivity index (χ4n) is 1.86. The highest BCUT2D eigenvalue weighted by Crippen LogP contribution is 2.16. The minimum absolute atomic E-state index is 0.398. The van der Waals surface area contributed by atoms with Crippen molar-refractivity contribution in [1.82, 2.24) is 25.0 Å². The molecule has 0 spiro atoms. The van der Waals surface area contributed by atoms with Gasteiger partial charge in [-0.05, 0) is 24.5 Å². The normalized spacial score (nSPS) is 12.1.